The van der Waals surface area contributed by atoms with E-state index >= 15 is 0 Å². The van der Waals surface area contributed by atoms with Gasteiger partial charge >= 0.3 is 6.18 Å². The van der Waals surface area contributed by atoms with Crippen LogP contribution in [-0.2, 0) is 17.5 Å². The molecule has 4 rings (SSSR count). The number of carbonyl (C=O) groups excluding carboxylic acids is 2. The largest absolute Gasteiger partial charge is 0.417 e. The zero-order valence-electron chi connectivity index (χ0n) is 18.1. The zero-order chi connectivity index (χ0) is 24.6. The molecule has 1 atom stereocenters. The fourth-order valence-electron chi connectivity index (χ4n) is 3.73. The van der Waals surface area contributed by atoms with E-state index < -0.39 is 28.6 Å². The van der Waals surface area contributed by atoms with Crippen molar-refractivity contribution in [2.24, 2.45) is 0 Å². The fraction of sp³-hybridized carbons (Fsp3) is 0.273. The van der Waals surface area contributed by atoms with E-state index in [1.54, 1.807) is 19.2 Å². The second kappa shape index (κ2) is 9.07. The maximum absolute atomic E-state index is 13.3. The van der Waals surface area contributed by atoms with Crippen LogP contribution in [-0.4, -0.2) is 40.2 Å². The van der Waals surface area contributed by atoms with Gasteiger partial charge < -0.3 is 15.0 Å². The number of ether oxygens (including phenoxy) is 1. The van der Waals surface area contributed by atoms with E-state index in [9.17, 15) is 22.8 Å². The first-order valence-corrected chi connectivity index (χ1v) is 10.5. The van der Waals surface area contributed by atoms with Gasteiger partial charge in [0.15, 0.2) is 5.69 Å². The van der Waals surface area contributed by atoms with Crippen molar-refractivity contribution < 1.29 is 27.5 Å². The second-order valence-corrected chi connectivity index (χ2v) is 8.15. The maximum atomic E-state index is 13.3. The predicted molar refractivity (Wildman–Crippen MR) is 118 cm³/mol. The number of halogens is 4. The summed E-state index contributed by atoms with van der Waals surface area (Å²) in [6.07, 6.45) is -0.302. The molecule has 3 aromatic rings. The van der Waals surface area contributed by atoms with Gasteiger partial charge in [0.05, 0.1) is 40.7 Å². The number of nitrogens with one attached hydrogen (secondary N) is 1. The van der Waals surface area contributed by atoms with Crippen LogP contribution in [0.15, 0.2) is 42.9 Å². The first-order chi connectivity index (χ1) is 16.1. The Bertz CT molecular complexity index is 1260. The molecule has 1 N–H and O–H groups in total. The van der Waals surface area contributed by atoms with Gasteiger partial charge in [-0.15, -0.1) is 0 Å². The number of nitrogens with zero attached hydrogens (tertiary/aromatic N) is 4. The summed E-state index contributed by atoms with van der Waals surface area (Å²) < 4.78 is 45.7. The van der Waals surface area contributed by atoms with Crippen molar-refractivity contribution in [3.63, 3.8) is 0 Å². The van der Waals surface area contributed by atoms with Crippen LogP contribution < -0.4 is 10.2 Å². The molecule has 0 aliphatic carbocycles. The minimum atomic E-state index is -4.61. The number of rotatable bonds is 5. The molecule has 2 amide bonds. The van der Waals surface area contributed by atoms with Crippen molar-refractivity contribution in [3.05, 3.63) is 70.3 Å². The molecule has 0 saturated heterocycles. The first-order valence-electron chi connectivity index (χ1n) is 10.1. The number of amides is 2. The highest BCUT2D eigenvalue weighted by Crippen LogP contribution is 2.38. The number of fused-ring (bicyclic) bond motifs is 1. The van der Waals surface area contributed by atoms with E-state index in [0.29, 0.717) is 5.56 Å². The third-order valence-electron chi connectivity index (χ3n) is 5.29. The number of carbonyl (C=O) groups is 2. The van der Waals surface area contributed by atoms with Gasteiger partial charge in [-0.2, -0.15) is 18.3 Å². The fourth-order valence-corrected chi connectivity index (χ4v) is 4.01. The number of aromatic nitrogens is 3. The standard InChI is InChI=1S/C22H19ClF3N5O3/c1-12-10-30(15-3-4-16(17(23)6-15)22(24,25)26)21(33)19-18(9-28-31(12)19)29-20(32)14-5-13(11-34-2)7-27-8-14/h3-9,12H,10-11H2,1-2H3,(H,29,32)/t12-/m0/s1. The first kappa shape index (κ1) is 23.7. The van der Waals surface area contributed by atoms with Crippen molar-refractivity contribution in [1.82, 2.24) is 14.8 Å². The van der Waals surface area contributed by atoms with Crippen molar-refractivity contribution in [2.45, 2.75) is 25.7 Å². The predicted octanol–water partition coefficient (Wildman–Crippen LogP) is 4.57. The third kappa shape index (κ3) is 4.48. The van der Waals surface area contributed by atoms with E-state index in [2.05, 4.69) is 15.4 Å². The monoisotopic (exact) mass is 493 g/mol. The van der Waals surface area contributed by atoms with Crippen LogP contribution >= 0.6 is 11.6 Å². The third-order valence-corrected chi connectivity index (χ3v) is 5.61. The summed E-state index contributed by atoms with van der Waals surface area (Å²) in [6, 6.07) is 4.43. The van der Waals surface area contributed by atoms with Gasteiger partial charge in [0.1, 0.15) is 0 Å². The molecule has 0 radical (unpaired) electrons. The second-order valence-electron chi connectivity index (χ2n) is 7.75. The molecular weight excluding hydrogens is 475 g/mol. The lowest BCUT2D eigenvalue weighted by Gasteiger charge is -2.32. The molecule has 3 heterocycles. The molecule has 12 heteroatoms. The number of hydrogen-bond donors (Lipinski definition) is 1. The Kier molecular flexibility index (Phi) is 6.32. The summed E-state index contributed by atoms with van der Waals surface area (Å²) in [5.74, 6) is -1.04. The molecule has 0 spiro atoms. The van der Waals surface area contributed by atoms with Gasteiger partial charge in [-0.25, -0.2) is 0 Å². The Balaban J connectivity index is 1.63. The SMILES string of the molecule is COCc1cncc(C(=O)Nc2cnn3c2C(=O)N(c2ccc(C(F)(F)F)c(Cl)c2)C[C@@H]3C)c1. The Morgan fingerprint density at radius 3 is 2.71 bits per heavy atom. The zero-order valence-corrected chi connectivity index (χ0v) is 18.8. The van der Waals surface area contributed by atoms with Crippen LogP contribution in [0.3, 0.4) is 0 Å². The van der Waals surface area contributed by atoms with Crippen LogP contribution in [0, 0.1) is 0 Å². The van der Waals surface area contributed by atoms with Crippen molar-refractivity contribution in [3.8, 4) is 0 Å². The Morgan fingerprint density at radius 1 is 1.26 bits per heavy atom. The van der Waals surface area contributed by atoms with E-state index in [1.807, 2.05) is 0 Å². The van der Waals surface area contributed by atoms with Gasteiger partial charge in [-0.05, 0) is 36.8 Å². The average Bonchev–Trinajstić information content (AvgIpc) is 3.20. The Labute approximate surface area is 197 Å². The van der Waals surface area contributed by atoms with Gasteiger partial charge in [0.2, 0.25) is 0 Å². The van der Waals surface area contributed by atoms with E-state index in [4.69, 9.17) is 16.3 Å². The number of hydrogen-bond acceptors (Lipinski definition) is 5. The molecule has 0 bridgehead atoms. The van der Waals surface area contributed by atoms with E-state index in [1.165, 1.54) is 35.2 Å². The average molecular weight is 494 g/mol. The number of methoxy groups -OCH3 is 1. The Morgan fingerprint density at radius 2 is 2.03 bits per heavy atom. The summed E-state index contributed by atoms with van der Waals surface area (Å²) in [5, 5.41) is 6.38. The van der Waals surface area contributed by atoms with Crippen molar-refractivity contribution in [1.29, 1.82) is 0 Å². The molecule has 2 aromatic heterocycles. The summed E-state index contributed by atoms with van der Waals surface area (Å²) >= 11 is 5.85. The van der Waals surface area contributed by atoms with Gasteiger partial charge in [0.25, 0.3) is 11.8 Å². The molecule has 0 saturated carbocycles. The lowest BCUT2D eigenvalue weighted by molar-refractivity contribution is -0.137. The lowest BCUT2D eigenvalue weighted by Crippen LogP contribution is -2.43. The van der Waals surface area contributed by atoms with Crippen LogP contribution in [0.4, 0.5) is 24.5 Å². The molecule has 0 unspecified atom stereocenters. The Hall–Kier alpha value is -3.44. The normalized spacial score (nSPS) is 15.9. The van der Waals surface area contributed by atoms with E-state index in [-0.39, 0.29) is 41.8 Å². The highest BCUT2D eigenvalue weighted by molar-refractivity contribution is 6.31. The van der Waals surface area contributed by atoms with Crippen LogP contribution in [0.2, 0.25) is 5.02 Å². The van der Waals surface area contributed by atoms with Gasteiger partial charge in [0, 0.05) is 31.7 Å². The number of benzene rings is 1. The lowest BCUT2D eigenvalue weighted by atomic mass is 10.1. The quantitative estimate of drug-likeness (QED) is 0.562. The van der Waals surface area contributed by atoms with Gasteiger partial charge in [-0.3, -0.25) is 19.3 Å². The smallest absolute Gasteiger partial charge is 0.380 e. The summed E-state index contributed by atoms with van der Waals surface area (Å²) in [5.41, 5.74) is 0.444. The topological polar surface area (TPSA) is 89.3 Å². The molecule has 8 nitrogen and oxygen atoms in total. The molecular formula is C22H19ClF3N5O3. The summed E-state index contributed by atoms with van der Waals surface area (Å²) in [6.45, 7) is 2.23. The highest BCUT2D eigenvalue weighted by atomic mass is 35.5. The molecule has 178 valence electrons. The maximum Gasteiger partial charge on any atom is 0.417 e. The van der Waals surface area contributed by atoms with Crippen molar-refractivity contribution in [2.75, 3.05) is 23.9 Å². The van der Waals surface area contributed by atoms with E-state index in [0.717, 1.165) is 12.1 Å². The minimum Gasteiger partial charge on any atom is -0.380 e. The molecule has 0 fully saturated rings. The molecule has 1 aromatic carbocycles. The van der Waals surface area contributed by atoms with Crippen LogP contribution in [0.25, 0.3) is 0 Å². The number of alkyl halides is 3. The van der Waals surface area contributed by atoms with Crippen molar-refractivity contribution >= 4 is 34.8 Å². The van der Waals surface area contributed by atoms with Crippen LogP contribution in [0.1, 0.15) is 44.9 Å². The molecule has 1 aliphatic heterocycles. The summed E-state index contributed by atoms with van der Waals surface area (Å²) in [7, 11) is 1.52. The molecule has 34 heavy (non-hydrogen) atoms. The molecule has 1 aliphatic rings. The number of anilines is 2. The highest BCUT2D eigenvalue weighted by Gasteiger charge is 2.36. The number of pyridine rings is 1. The van der Waals surface area contributed by atoms with Crippen LogP contribution in [0.5, 0.6) is 0 Å². The summed E-state index contributed by atoms with van der Waals surface area (Å²) in [4.78, 5) is 31.4. The van der Waals surface area contributed by atoms with Gasteiger partial charge in [-0.1, -0.05) is 11.6 Å². The minimum absolute atomic E-state index is 0.101.